The molecule has 2 aromatic rings. The molecule has 2 aromatic heterocycles. The van der Waals surface area contributed by atoms with Crippen LogP contribution in [-0.4, -0.2) is 20.0 Å². The van der Waals surface area contributed by atoms with Crippen molar-refractivity contribution in [2.45, 2.75) is 27.2 Å². The Morgan fingerprint density at radius 1 is 1.53 bits per heavy atom. The second-order valence-electron chi connectivity index (χ2n) is 4.28. The van der Waals surface area contributed by atoms with Gasteiger partial charge in [0, 0.05) is 5.38 Å². The fourth-order valence-electron chi connectivity index (χ4n) is 1.55. The fraction of sp³-hybridized carbons (Fsp3) is 0.455. The molecule has 0 atom stereocenters. The van der Waals surface area contributed by atoms with Gasteiger partial charge < -0.3 is 0 Å². The molecule has 0 aromatic carbocycles. The molecule has 88 valence electrons. The van der Waals surface area contributed by atoms with E-state index in [0.717, 1.165) is 22.9 Å². The number of hydrogen-bond acceptors (Lipinski definition) is 5. The lowest BCUT2D eigenvalue weighted by atomic mass is 10.1. The highest BCUT2D eigenvalue weighted by Gasteiger charge is 2.16. The van der Waals surface area contributed by atoms with Crippen molar-refractivity contribution in [3.8, 4) is 11.2 Å². The van der Waals surface area contributed by atoms with Crippen molar-refractivity contribution < 1.29 is 0 Å². The van der Waals surface area contributed by atoms with E-state index in [1.54, 1.807) is 4.68 Å². The van der Waals surface area contributed by atoms with Crippen molar-refractivity contribution in [3.05, 3.63) is 22.5 Å². The summed E-state index contributed by atoms with van der Waals surface area (Å²) >= 11 is 1.51. The molecule has 2 rings (SSSR count). The number of hydrogen-bond donors (Lipinski definition) is 0. The topological polar surface area (TPSA) is 67.4 Å². The van der Waals surface area contributed by atoms with Crippen LogP contribution in [0.15, 0.2) is 5.38 Å². The van der Waals surface area contributed by atoms with Gasteiger partial charge in [-0.15, -0.1) is 16.4 Å². The van der Waals surface area contributed by atoms with Crippen molar-refractivity contribution >= 4 is 11.3 Å². The molecule has 0 saturated carbocycles. The third-order valence-electron chi connectivity index (χ3n) is 2.26. The Morgan fingerprint density at radius 3 is 2.82 bits per heavy atom. The van der Waals surface area contributed by atoms with Crippen LogP contribution in [0.1, 0.15) is 30.9 Å². The molecule has 0 aliphatic rings. The van der Waals surface area contributed by atoms with E-state index < -0.39 is 0 Å². The van der Waals surface area contributed by atoms with Crippen LogP contribution in [0.3, 0.4) is 0 Å². The summed E-state index contributed by atoms with van der Waals surface area (Å²) in [5.41, 5.74) is 2.19. The number of thiazole rings is 1. The van der Waals surface area contributed by atoms with Crippen LogP contribution in [-0.2, 0) is 6.42 Å². The predicted octanol–water partition coefficient (Wildman–Crippen LogP) is 2.10. The van der Waals surface area contributed by atoms with E-state index in [-0.39, 0.29) is 0 Å². The van der Waals surface area contributed by atoms with Gasteiger partial charge in [0.1, 0.15) is 6.07 Å². The minimum Gasteiger partial charge on any atom is -0.224 e. The maximum Gasteiger partial charge on any atom is 0.212 e. The first-order chi connectivity index (χ1) is 8.11. The molecule has 17 heavy (non-hydrogen) atoms. The van der Waals surface area contributed by atoms with Crippen LogP contribution >= 0.6 is 11.3 Å². The van der Waals surface area contributed by atoms with Crippen molar-refractivity contribution in [2.24, 2.45) is 5.92 Å². The highest BCUT2D eigenvalue weighted by atomic mass is 32.1. The van der Waals surface area contributed by atoms with E-state index in [2.05, 4.69) is 35.2 Å². The van der Waals surface area contributed by atoms with E-state index in [1.807, 2.05) is 12.3 Å². The van der Waals surface area contributed by atoms with Gasteiger partial charge in [-0.3, -0.25) is 0 Å². The van der Waals surface area contributed by atoms with Crippen molar-refractivity contribution in [1.82, 2.24) is 20.0 Å². The van der Waals surface area contributed by atoms with Crippen LogP contribution in [0.4, 0.5) is 0 Å². The summed E-state index contributed by atoms with van der Waals surface area (Å²) in [6.45, 7) is 6.14. The summed E-state index contributed by atoms with van der Waals surface area (Å²) in [5.74, 6) is 0.445. The average molecular weight is 247 g/mol. The molecule has 0 aliphatic heterocycles. The van der Waals surface area contributed by atoms with Crippen LogP contribution in [0.5, 0.6) is 0 Å². The van der Waals surface area contributed by atoms with E-state index in [0.29, 0.717) is 11.6 Å². The molecule has 5 nitrogen and oxygen atoms in total. The lowest BCUT2D eigenvalue weighted by Crippen LogP contribution is -2.06. The van der Waals surface area contributed by atoms with Crippen LogP contribution < -0.4 is 0 Å². The Hall–Kier alpha value is -1.74. The molecule has 2 heterocycles. The van der Waals surface area contributed by atoms with E-state index >= 15 is 0 Å². The maximum absolute atomic E-state index is 9.01. The summed E-state index contributed by atoms with van der Waals surface area (Å²) in [7, 11) is 0. The summed E-state index contributed by atoms with van der Waals surface area (Å²) in [6, 6.07) is 2.08. The number of aryl methyl sites for hydroxylation is 1. The Balaban J connectivity index is 2.47. The molecule has 0 amide bonds. The SMILES string of the molecule is Cc1csc(-n2nnc(C#N)c2CC(C)C)n1. The van der Waals surface area contributed by atoms with E-state index in [9.17, 15) is 0 Å². The zero-order valence-electron chi connectivity index (χ0n) is 10.0. The summed E-state index contributed by atoms with van der Waals surface area (Å²) < 4.78 is 1.68. The van der Waals surface area contributed by atoms with Gasteiger partial charge in [-0.1, -0.05) is 19.1 Å². The monoisotopic (exact) mass is 247 g/mol. The third-order valence-corrected chi connectivity index (χ3v) is 3.19. The lowest BCUT2D eigenvalue weighted by Gasteiger charge is -2.05. The predicted molar refractivity (Wildman–Crippen MR) is 65.0 cm³/mol. The molecular formula is C11H13N5S. The van der Waals surface area contributed by atoms with Gasteiger partial charge in [-0.05, 0) is 19.3 Å². The zero-order valence-corrected chi connectivity index (χ0v) is 10.8. The van der Waals surface area contributed by atoms with Crippen molar-refractivity contribution in [1.29, 1.82) is 5.26 Å². The number of nitrogens with zero attached hydrogens (tertiary/aromatic N) is 5. The Morgan fingerprint density at radius 2 is 2.29 bits per heavy atom. The summed E-state index contributed by atoms with van der Waals surface area (Å²) in [6.07, 6.45) is 0.772. The first-order valence-corrected chi connectivity index (χ1v) is 6.27. The molecule has 0 N–H and O–H groups in total. The highest BCUT2D eigenvalue weighted by molar-refractivity contribution is 7.12. The molecule has 0 fully saturated rings. The summed E-state index contributed by atoms with van der Waals surface area (Å²) in [5, 5.41) is 19.7. The molecule has 0 bridgehead atoms. The van der Waals surface area contributed by atoms with Crippen LogP contribution in [0.2, 0.25) is 0 Å². The quantitative estimate of drug-likeness (QED) is 0.833. The number of aromatic nitrogens is 4. The Kier molecular flexibility index (Phi) is 3.20. The molecular weight excluding hydrogens is 234 g/mol. The fourth-order valence-corrected chi connectivity index (χ4v) is 2.32. The first kappa shape index (κ1) is 11.7. The maximum atomic E-state index is 9.01. The summed E-state index contributed by atoms with van der Waals surface area (Å²) in [4.78, 5) is 4.37. The van der Waals surface area contributed by atoms with E-state index in [1.165, 1.54) is 11.3 Å². The van der Waals surface area contributed by atoms with Gasteiger partial charge in [0.25, 0.3) is 0 Å². The van der Waals surface area contributed by atoms with Gasteiger partial charge in [-0.2, -0.15) is 9.94 Å². The zero-order chi connectivity index (χ0) is 12.4. The van der Waals surface area contributed by atoms with Gasteiger partial charge in [0.05, 0.1) is 11.4 Å². The normalized spacial score (nSPS) is 10.8. The van der Waals surface area contributed by atoms with Crippen molar-refractivity contribution in [3.63, 3.8) is 0 Å². The molecule has 0 spiro atoms. The molecule has 6 heteroatoms. The van der Waals surface area contributed by atoms with Gasteiger partial charge >= 0.3 is 0 Å². The molecule has 0 radical (unpaired) electrons. The third kappa shape index (κ3) is 2.34. The molecule has 0 unspecified atom stereocenters. The highest BCUT2D eigenvalue weighted by Crippen LogP contribution is 2.19. The second-order valence-corrected chi connectivity index (χ2v) is 5.11. The van der Waals surface area contributed by atoms with Gasteiger partial charge in [0.15, 0.2) is 5.69 Å². The first-order valence-electron chi connectivity index (χ1n) is 5.39. The standard InChI is InChI=1S/C11H13N5S/c1-7(2)4-10-9(5-12)14-15-16(10)11-13-8(3)6-17-11/h6-7H,4H2,1-3H3. The van der Waals surface area contributed by atoms with Crippen molar-refractivity contribution in [2.75, 3.05) is 0 Å². The van der Waals surface area contributed by atoms with E-state index in [4.69, 9.17) is 5.26 Å². The molecule has 0 aliphatic carbocycles. The smallest absolute Gasteiger partial charge is 0.212 e. The molecule has 0 saturated heterocycles. The Bertz CT molecular complexity index is 561. The Labute approximate surface area is 104 Å². The number of nitriles is 1. The largest absolute Gasteiger partial charge is 0.224 e. The lowest BCUT2D eigenvalue weighted by molar-refractivity contribution is 0.613. The second kappa shape index (κ2) is 4.63. The van der Waals surface area contributed by atoms with Crippen LogP contribution in [0.25, 0.3) is 5.13 Å². The minimum absolute atomic E-state index is 0.395. The van der Waals surface area contributed by atoms with Gasteiger partial charge in [-0.25, -0.2) is 4.98 Å². The minimum atomic E-state index is 0.395. The number of rotatable bonds is 3. The van der Waals surface area contributed by atoms with Gasteiger partial charge in [0.2, 0.25) is 5.13 Å². The van der Waals surface area contributed by atoms with Crippen LogP contribution in [0, 0.1) is 24.2 Å². The average Bonchev–Trinajstić information content (AvgIpc) is 2.84.